The van der Waals surface area contributed by atoms with Crippen molar-refractivity contribution in [2.45, 2.75) is 32.5 Å². The number of hydrogen-bond acceptors (Lipinski definition) is 3. The highest BCUT2D eigenvalue weighted by Crippen LogP contribution is 2.08. The van der Waals surface area contributed by atoms with E-state index in [0.29, 0.717) is 19.6 Å². The zero-order valence-corrected chi connectivity index (χ0v) is 10.2. The molecule has 2 N–H and O–H groups in total. The van der Waals surface area contributed by atoms with E-state index >= 15 is 0 Å². The minimum absolute atomic E-state index is 0.00425. The Morgan fingerprint density at radius 1 is 1.41 bits per heavy atom. The largest absolute Gasteiger partial charge is 0.372 e. The predicted octanol–water partition coefficient (Wildman–Crippen LogP) is 1.70. The molecule has 1 amide bonds. The maximum atomic E-state index is 10.5. The van der Waals surface area contributed by atoms with Gasteiger partial charge in [0.1, 0.15) is 0 Å². The summed E-state index contributed by atoms with van der Waals surface area (Å²) in [5.41, 5.74) is 1.13. The van der Waals surface area contributed by atoms with Crippen LogP contribution in [0.1, 0.15) is 25.3 Å². The van der Waals surface area contributed by atoms with Gasteiger partial charge < -0.3 is 4.74 Å². The van der Waals surface area contributed by atoms with Crippen molar-refractivity contribution in [2.24, 2.45) is 5.84 Å². The monoisotopic (exact) mass is 236 g/mol. The van der Waals surface area contributed by atoms with Crippen molar-refractivity contribution in [3.63, 3.8) is 0 Å². The highest BCUT2D eigenvalue weighted by Gasteiger charge is 2.10. The molecule has 0 saturated carbocycles. The Kier molecular flexibility index (Phi) is 6.29. The van der Waals surface area contributed by atoms with E-state index in [1.54, 1.807) is 0 Å². The number of benzene rings is 1. The van der Waals surface area contributed by atoms with Crippen LogP contribution in [-0.4, -0.2) is 24.1 Å². The molecule has 0 aliphatic rings. The number of carbonyl (C=O) groups is 1. The van der Waals surface area contributed by atoms with Gasteiger partial charge in [-0.15, -0.1) is 0 Å². The van der Waals surface area contributed by atoms with Crippen molar-refractivity contribution in [1.29, 1.82) is 0 Å². The van der Waals surface area contributed by atoms with E-state index in [0.717, 1.165) is 23.4 Å². The van der Waals surface area contributed by atoms with Gasteiger partial charge in [-0.25, -0.2) is 5.84 Å². The number of hydrazine groups is 1. The second-order valence-electron chi connectivity index (χ2n) is 4.01. The van der Waals surface area contributed by atoms with Crippen molar-refractivity contribution >= 4 is 6.41 Å². The first kappa shape index (κ1) is 13.7. The summed E-state index contributed by atoms with van der Waals surface area (Å²) < 4.78 is 5.76. The molecule has 4 nitrogen and oxygen atoms in total. The number of ether oxygens (including phenoxy) is 1. The van der Waals surface area contributed by atoms with Crippen LogP contribution in [0.2, 0.25) is 0 Å². The average molecular weight is 236 g/mol. The lowest BCUT2D eigenvalue weighted by Crippen LogP contribution is -2.37. The summed E-state index contributed by atoms with van der Waals surface area (Å²) in [7, 11) is 0. The van der Waals surface area contributed by atoms with Crippen LogP contribution >= 0.6 is 0 Å². The molecule has 4 heteroatoms. The number of carbonyl (C=O) groups excluding carboxylic acids is 1. The van der Waals surface area contributed by atoms with E-state index in [4.69, 9.17) is 10.6 Å². The molecule has 0 aromatic heterocycles. The first-order chi connectivity index (χ1) is 8.26. The van der Waals surface area contributed by atoms with Crippen LogP contribution in [0, 0.1) is 0 Å². The third-order valence-corrected chi connectivity index (χ3v) is 2.49. The molecule has 94 valence electrons. The van der Waals surface area contributed by atoms with Gasteiger partial charge in [-0.3, -0.25) is 9.80 Å². The Labute approximate surface area is 102 Å². The van der Waals surface area contributed by atoms with Gasteiger partial charge in [-0.2, -0.15) is 0 Å². The topological polar surface area (TPSA) is 55.6 Å². The summed E-state index contributed by atoms with van der Waals surface area (Å²) in [6.45, 7) is 3.07. The molecule has 1 unspecified atom stereocenters. The molecule has 1 aromatic carbocycles. The molecule has 0 aliphatic carbocycles. The summed E-state index contributed by atoms with van der Waals surface area (Å²) in [5.74, 6) is 5.46. The minimum Gasteiger partial charge on any atom is -0.372 e. The van der Waals surface area contributed by atoms with Crippen LogP contribution in [-0.2, 0) is 16.1 Å². The predicted molar refractivity (Wildman–Crippen MR) is 66.9 cm³/mol. The van der Waals surface area contributed by atoms with Gasteiger partial charge in [0.2, 0.25) is 6.41 Å². The fourth-order valence-electron chi connectivity index (χ4n) is 1.62. The lowest BCUT2D eigenvalue weighted by atomic mass is 10.2. The lowest BCUT2D eigenvalue weighted by Gasteiger charge is -2.21. The lowest BCUT2D eigenvalue weighted by molar-refractivity contribution is -0.120. The maximum absolute atomic E-state index is 10.5. The molecule has 0 radical (unpaired) electrons. The number of rotatable bonds is 8. The first-order valence-corrected chi connectivity index (χ1v) is 5.88. The highest BCUT2D eigenvalue weighted by molar-refractivity contribution is 5.45. The van der Waals surface area contributed by atoms with E-state index in [1.807, 2.05) is 30.3 Å². The summed E-state index contributed by atoms with van der Waals surface area (Å²) >= 11 is 0. The molecule has 17 heavy (non-hydrogen) atoms. The van der Waals surface area contributed by atoms with E-state index in [-0.39, 0.29) is 6.10 Å². The average Bonchev–Trinajstić information content (AvgIpc) is 2.37. The maximum Gasteiger partial charge on any atom is 0.223 e. The number of amides is 1. The smallest absolute Gasteiger partial charge is 0.223 e. The molecule has 1 aromatic rings. The van der Waals surface area contributed by atoms with Gasteiger partial charge in [0.05, 0.1) is 19.3 Å². The zero-order chi connectivity index (χ0) is 12.5. The highest BCUT2D eigenvalue weighted by atomic mass is 16.5. The molecule has 0 aliphatic heterocycles. The number of nitrogens with two attached hydrogens (primary N) is 1. The quantitative estimate of drug-likeness (QED) is 0.323. The Bertz CT molecular complexity index is 316. The van der Waals surface area contributed by atoms with Gasteiger partial charge in [0.25, 0.3) is 0 Å². The van der Waals surface area contributed by atoms with Gasteiger partial charge in [-0.1, -0.05) is 43.7 Å². The molecule has 0 heterocycles. The molecule has 0 spiro atoms. The van der Waals surface area contributed by atoms with Crippen molar-refractivity contribution < 1.29 is 9.53 Å². The van der Waals surface area contributed by atoms with E-state index in [2.05, 4.69) is 6.92 Å². The van der Waals surface area contributed by atoms with Crippen LogP contribution < -0.4 is 5.84 Å². The van der Waals surface area contributed by atoms with Crippen molar-refractivity contribution in [2.75, 3.05) is 6.54 Å². The first-order valence-electron chi connectivity index (χ1n) is 5.88. The number of nitrogens with zero attached hydrogens (tertiary/aromatic N) is 1. The van der Waals surface area contributed by atoms with E-state index < -0.39 is 0 Å². The van der Waals surface area contributed by atoms with Crippen LogP contribution in [0.15, 0.2) is 30.3 Å². The fraction of sp³-hybridized carbons (Fsp3) is 0.462. The molecule has 1 rings (SSSR count). The number of hydrogen-bond donors (Lipinski definition) is 1. The molecule has 1 atom stereocenters. The van der Waals surface area contributed by atoms with E-state index in [1.165, 1.54) is 0 Å². The molecule has 0 fully saturated rings. The zero-order valence-electron chi connectivity index (χ0n) is 10.2. The van der Waals surface area contributed by atoms with Gasteiger partial charge >= 0.3 is 0 Å². The van der Waals surface area contributed by atoms with Crippen LogP contribution in [0.3, 0.4) is 0 Å². The standard InChI is InChI=1S/C13H20N2O2/c1-2-6-13(9-15(14)11-16)17-10-12-7-4-3-5-8-12/h3-5,7-8,11,13H,2,6,9-10,14H2,1H3. The van der Waals surface area contributed by atoms with Crippen molar-refractivity contribution in [1.82, 2.24) is 5.01 Å². The minimum atomic E-state index is -0.00425. The third-order valence-electron chi connectivity index (χ3n) is 2.49. The Morgan fingerprint density at radius 2 is 2.12 bits per heavy atom. The summed E-state index contributed by atoms with van der Waals surface area (Å²) in [5, 5.41) is 1.13. The van der Waals surface area contributed by atoms with Gasteiger partial charge in [-0.05, 0) is 12.0 Å². The Balaban J connectivity index is 2.41. The van der Waals surface area contributed by atoms with Crippen LogP contribution in [0.5, 0.6) is 0 Å². The summed E-state index contributed by atoms with van der Waals surface area (Å²) in [6.07, 6.45) is 2.52. The Hall–Kier alpha value is -1.39. The van der Waals surface area contributed by atoms with Crippen LogP contribution in [0.4, 0.5) is 0 Å². The Morgan fingerprint density at radius 3 is 2.71 bits per heavy atom. The van der Waals surface area contributed by atoms with Crippen molar-refractivity contribution in [3.8, 4) is 0 Å². The molecular weight excluding hydrogens is 216 g/mol. The van der Waals surface area contributed by atoms with Crippen LogP contribution in [0.25, 0.3) is 0 Å². The summed E-state index contributed by atoms with van der Waals surface area (Å²) in [6, 6.07) is 9.97. The fourth-order valence-corrected chi connectivity index (χ4v) is 1.62. The second kappa shape index (κ2) is 7.81. The molecule has 0 bridgehead atoms. The van der Waals surface area contributed by atoms with E-state index in [9.17, 15) is 4.79 Å². The molecular formula is C13H20N2O2. The SMILES string of the molecule is CCCC(CN(N)C=O)OCc1ccccc1. The van der Waals surface area contributed by atoms with Gasteiger partial charge in [0.15, 0.2) is 0 Å². The normalized spacial score (nSPS) is 12.1. The summed E-state index contributed by atoms with van der Waals surface area (Å²) in [4.78, 5) is 10.5. The second-order valence-corrected chi connectivity index (χ2v) is 4.01. The van der Waals surface area contributed by atoms with Gasteiger partial charge in [0, 0.05) is 0 Å². The molecule has 0 saturated heterocycles. The third kappa shape index (κ3) is 5.47. The van der Waals surface area contributed by atoms with Crippen molar-refractivity contribution in [3.05, 3.63) is 35.9 Å².